The van der Waals surface area contributed by atoms with Crippen LogP contribution in [0.5, 0.6) is 0 Å². The number of ether oxygens (including phenoxy) is 2. The highest BCUT2D eigenvalue weighted by Crippen LogP contribution is 2.41. The van der Waals surface area contributed by atoms with Crippen molar-refractivity contribution in [2.45, 2.75) is 207 Å². The zero-order chi connectivity index (χ0) is 31.9. The van der Waals surface area contributed by atoms with Gasteiger partial charge in [0.1, 0.15) is 12.2 Å². The van der Waals surface area contributed by atoms with E-state index in [1.807, 2.05) is 27.7 Å². The Morgan fingerprint density at radius 2 is 0.810 bits per heavy atom. The summed E-state index contributed by atoms with van der Waals surface area (Å²) in [6.45, 7) is 25.4. The topological polar surface area (TPSA) is 77.5 Å². The summed E-state index contributed by atoms with van der Waals surface area (Å²) >= 11 is 0. The number of hydrogen-bond donors (Lipinski definition) is 0. The van der Waals surface area contributed by atoms with Crippen molar-refractivity contribution in [3.8, 4) is 0 Å². The van der Waals surface area contributed by atoms with Gasteiger partial charge in [-0.2, -0.15) is 10.1 Å². The SMILES string of the molecule is CC(C)ON1C(C)(C)CC(OC(=O)CCCCCCCCC(=O)OC2CC(C)(C)N(OC(C)C)C(C)(C)C2)CC1(C)C. The number of hydroxylamine groups is 4. The molecule has 0 atom stereocenters. The van der Waals surface area contributed by atoms with E-state index in [0.29, 0.717) is 12.8 Å². The van der Waals surface area contributed by atoms with E-state index < -0.39 is 0 Å². The maximum Gasteiger partial charge on any atom is 0.306 e. The van der Waals surface area contributed by atoms with Crippen molar-refractivity contribution < 1.29 is 28.7 Å². The van der Waals surface area contributed by atoms with Crippen LogP contribution in [0.3, 0.4) is 0 Å². The van der Waals surface area contributed by atoms with E-state index >= 15 is 0 Å². The summed E-state index contributed by atoms with van der Waals surface area (Å²) in [5.41, 5.74) is -0.847. The number of piperidine rings is 2. The van der Waals surface area contributed by atoms with Crippen LogP contribution in [0, 0.1) is 0 Å². The first kappa shape index (κ1) is 37.0. The quantitative estimate of drug-likeness (QED) is 0.139. The molecule has 0 aromatic carbocycles. The molecule has 2 heterocycles. The van der Waals surface area contributed by atoms with E-state index in [9.17, 15) is 9.59 Å². The Morgan fingerprint density at radius 1 is 0.548 bits per heavy atom. The van der Waals surface area contributed by atoms with Gasteiger partial charge >= 0.3 is 11.9 Å². The van der Waals surface area contributed by atoms with Crippen LogP contribution >= 0.6 is 0 Å². The molecule has 2 saturated heterocycles. The number of nitrogens with zero attached hydrogens (tertiary/aromatic N) is 2. The Bertz CT molecular complexity index is 760. The van der Waals surface area contributed by atoms with Crippen molar-refractivity contribution in [3.05, 3.63) is 0 Å². The van der Waals surface area contributed by atoms with Gasteiger partial charge in [-0.05, 0) is 95.9 Å². The smallest absolute Gasteiger partial charge is 0.306 e. The molecule has 246 valence electrons. The Kier molecular flexibility index (Phi) is 13.4. The van der Waals surface area contributed by atoms with Gasteiger partial charge in [0.2, 0.25) is 0 Å². The molecule has 2 fully saturated rings. The monoisotopic (exact) mass is 596 g/mol. The second-order valence-corrected chi connectivity index (χ2v) is 15.8. The summed E-state index contributed by atoms with van der Waals surface area (Å²) < 4.78 is 11.8. The molecule has 8 heteroatoms. The molecule has 2 aliphatic rings. The van der Waals surface area contributed by atoms with Gasteiger partial charge in [-0.3, -0.25) is 19.3 Å². The van der Waals surface area contributed by atoms with Gasteiger partial charge in [-0.15, -0.1) is 0 Å². The summed E-state index contributed by atoms with van der Waals surface area (Å²) in [6, 6.07) is 0. The summed E-state index contributed by atoms with van der Waals surface area (Å²) in [6.07, 6.45) is 9.80. The zero-order valence-corrected chi connectivity index (χ0v) is 29.1. The molecule has 0 aromatic rings. The van der Waals surface area contributed by atoms with Crippen LogP contribution in [0.2, 0.25) is 0 Å². The second-order valence-electron chi connectivity index (χ2n) is 15.8. The van der Waals surface area contributed by atoms with Crippen molar-refractivity contribution in [3.63, 3.8) is 0 Å². The standard InChI is InChI=1S/C34H64N2O6/c1-25(2)41-35-31(5,6)21-27(22-32(35,7)8)39-29(37)19-17-15-13-14-16-18-20-30(38)40-28-23-33(9,10)36(42-26(3)4)34(11,12)24-28/h25-28H,13-24H2,1-12H3. The lowest BCUT2D eigenvalue weighted by Gasteiger charge is -2.53. The first-order valence-electron chi connectivity index (χ1n) is 16.6. The summed E-state index contributed by atoms with van der Waals surface area (Å²) in [7, 11) is 0. The van der Waals surface area contributed by atoms with Gasteiger partial charge in [0.05, 0.1) is 12.2 Å². The van der Waals surface area contributed by atoms with Gasteiger partial charge in [-0.1, -0.05) is 25.7 Å². The zero-order valence-electron chi connectivity index (χ0n) is 29.1. The van der Waals surface area contributed by atoms with Crippen LogP contribution in [0.4, 0.5) is 0 Å². The van der Waals surface area contributed by atoms with E-state index in [1.54, 1.807) is 0 Å². The lowest BCUT2D eigenvalue weighted by molar-refractivity contribution is -0.309. The first-order valence-corrected chi connectivity index (χ1v) is 16.6. The molecule has 0 aliphatic carbocycles. The number of hydrogen-bond acceptors (Lipinski definition) is 8. The van der Waals surface area contributed by atoms with Gasteiger partial charge in [0.15, 0.2) is 0 Å². The Balaban J connectivity index is 1.60. The van der Waals surface area contributed by atoms with Crippen LogP contribution in [-0.4, -0.2) is 68.6 Å². The summed E-state index contributed by atoms with van der Waals surface area (Å²) in [5, 5.41) is 4.20. The van der Waals surface area contributed by atoms with Crippen molar-refractivity contribution in [2.75, 3.05) is 0 Å². The highest BCUT2D eigenvalue weighted by Gasteiger charge is 2.49. The van der Waals surface area contributed by atoms with Gasteiger partial charge in [0, 0.05) is 60.7 Å². The Labute approximate surface area is 257 Å². The van der Waals surface area contributed by atoms with Gasteiger partial charge in [0.25, 0.3) is 0 Å². The van der Waals surface area contributed by atoms with Crippen LogP contribution in [0.25, 0.3) is 0 Å². The molecule has 0 unspecified atom stereocenters. The van der Waals surface area contributed by atoms with Gasteiger partial charge in [-0.25, -0.2) is 0 Å². The summed E-state index contributed by atoms with van der Waals surface area (Å²) in [4.78, 5) is 37.4. The number of carbonyl (C=O) groups is 2. The molecule has 2 rings (SSSR count). The normalized spacial score (nSPS) is 22.9. The third-order valence-corrected chi connectivity index (χ3v) is 8.35. The molecule has 2 aliphatic heterocycles. The Hall–Kier alpha value is -1.22. The molecule has 0 N–H and O–H groups in total. The number of esters is 2. The van der Waals surface area contributed by atoms with Crippen molar-refractivity contribution in [1.82, 2.24) is 10.1 Å². The second kappa shape index (κ2) is 15.2. The number of rotatable bonds is 15. The highest BCUT2D eigenvalue weighted by molar-refractivity contribution is 5.69. The van der Waals surface area contributed by atoms with Crippen LogP contribution in [0.1, 0.15) is 160 Å². The summed E-state index contributed by atoms with van der Waals surface area (Å²) in [5.74, 6) is -0.193. The fourth-order valence-electron chi connectivity index (χ4n) is 7.24. The maximum atomic E-state index is 12.6. The molecule has 42 heavy (non-hydrogen) atoms. The average molecular weight is 597 g/mol. The fourth-order valence-corrected chi connectivity index (χ4v) is 7.24. The molecule has 0 amide bonds. The minimum Gasteiger partial charge on any atom is -0.462 e. The highest BCUT2D eigenvalue weighted by atomic mass is 16.7. The van der Waals surface area contributed by atoms with Crippen molar-refractivity contribution in [2.24, 2.45) is 0 Å². The molecular weight excluding hydrogens is 532 g/mol. The minimum atomic E-state index is -0.212. The van der Waals surface area contributed by atoms with E-state index in [0.717, 1.165) is 64.2 Å². The molecule has 0 bridgehead atoms. The van der Waals surface area contributed by atoms with Crippen LogP contribution in [0.15, 0.2) is 0 Å². The third kappa shape index (κ3) is 11.4. The van der Waals surface area contributed by atoms with Crippen molar-refractivity contribution in [1.29, 1.82) is 0 Å². The number of unbranched alkanes of at least 4 members (excludes halogenated alkanes) is 5. The Morgan fingerprint density at radius 3 is 1.07 bits per heavy atom. The van der Waals surface area contributed by atoms with Crippen LogP contribution in [-0.2, 0) is 28.7 Å². The van der Waals surface area contributed by atoms with Crippen molar-refractivity contribution >= 4 is 11.9 Å². The molecule has 0 aromatic heterocycles. The molecule has 0 spiro atoms. The van der Waals surface area contributed by atoms with E-state index in [-0.39, 0.29) is 58.5 Å². The largest absolute Gasteiger partial charge is 0.462 e. The predicted octanol–water partition coefficient (Wildman–Crippen LogP) is 7.92. The van der Waals surface area contributed by atoms with E-state index in [4.69, 9.17) is 19.1 Å². The first-order chi connectivity index (χ1) is 19.2. The molecular formula is C34H64N2O6. The van der Waals surface area contributed by atoms with Gasteiger partial charge < -0.3 is 9.47 Å². The predicted molar refractivity (Wildman–Crippen MR) is 168 cm³/mol. The fraction of sp³-hybridized carbons (Fsp3) is 0.941. The minimum absolute atomic E-state index is 0.0904. The van der Waals surface area contributed by atoms with E-state index in [2.05, 4.69) is 65.5 Å². The maximum absolute atomic E-state index is 12.6. The average Bonchev–Trinajstić information content (AvgIpc) is 2.79. The number of carbonyl (C=O) groups excluding carboxylic acids is 2. The lowest BCUT2D eigenvalue weighted by Crippen LogP contribution is -2.62. The lowest BCUT2D eigenvalue weighted by atomic mass is 9.80. The van der Waals surface area contributed by atoms with Crippen LogP contribution < -0.4 is 0 Å². The third-order valence-electron chi connectivity index (χ3n) is 8.35. The molecule has 0 radical (unpaired) electrons. The molecule has 0 saturated carbocycles. The van der Waals surface area contributed by atoms with E-state index in [1.165, 1.54) is 0 Å². The molecule has 8 nitrogen and oxygen atoms in total.